The molecule has 7 heteroatoms. The number of fused-ring (bicyclic) bond motifs is 1. The summed E-state index contributed by atoms with van der Waals surface area (Å²) in [5, 5.41) is 2.18. The quantitative estimate of drug-likeness (QED) is 0.241. The molecule has 1 N–H and O–H groups in total. The van der Waals surface area contributed by atoms with E-state index in [4.69, 9.17) is 23.2 Å². The Hall–Kier alpha value is -3.28. The first-order chi connectivity index (χ1) is 17.8. The molecule has 0 fully saturated rings. The van der Waals surface area contributed by atoms with Crippen molar-refractivity contribution < 1.29 is 9.59 Å². The van der Waals surface area contributed by atoms with Gasteiger partial charge in [0.1, 0.15) is 6.54 Å². The van der Waals surface area contributed by atoms with Crippen LogP contribution in [-0.2, 0) is 17.8 Å². The third-order valence-electron chi connectivity index (χ3n) is 6.27. The number of hydrogen-bond donors (Lipinski definition) is 1. The summed E-state index contributed by atoms with van der Waals surface area (Å²) in [7, 11) is 0. The first kappa shape index (κ1) is 26.8. The third kappa shape index (κ3) is 6.94. The zero-order chi connectivity index (χ0) is 26.4. The Morgan fingerprint density at radius 2 is 1.59 bits per heavy atom. The number of H-pyrrole nitrogens is 1. The summed E-state index contributed by atoms with van der Waals surface area (Å²) in [6.07, 6.45) is 2.69. The number of halogens is 2. The maximum absolute atomic E-state index is 13.7. The second-order valence-electron chi connectivity index (χ2n) is 9.61. The largest absolute Gasteiger partial charge is 0.361 e. The zero-order valence-electron chi connectivity index (χ0n) is 21.1. The number of nitrogens with zero attached hydrogens (tertiary/aromatic N) is 2. The monoisotopic (exact) mass is 535 g/mol. The Morgan fingerprint density at radius 3 is 2.32 bits per heavy atom. The van der Waals surface area contributed by atoms with Crippen LogP contribution in [0.1, 0.15) is 35.3 Å². The first-order valence-electron chi connectivity index (χ1n) is 12.4. The van der Waals surface area contributed by atoms with Gasteiger partial charge in [-0.15, -0.1) is 0 Å². The smallest absolute Gasteiger partial charge is 0.255 e. The van der Waals surface area contributed by atoms with Crippen molar-refractivity contribution in [3.8, 4) is 0 Å². The lowest BCUT2D eigenvalue weighted by Crippen LogP contribution is -2.44. The maximum atomic E-state index is 13.7. The Morgan fingerprint density at radius 1 is 0.892 bits per heavy atom. The van der Waals surface area contributed by atoms with E-state index in [2.05, 4.69) is 11.1 Å². The molecule has 0 aliphatic rings. The van der Waals surface area contributed by atoms with Gasteiger partial charge in [-0.2, -0.15) is 0 Å². The molecule has 192 valence electrons. The Balaban J connectivity index is 1.56. The first-order valence-corrected chi connectivity index (χ1v) is 13.2. The molecule has 0 saturated heterocycles. The van der Waals surface area contributed by atoms with Crippen LogP contribution in [0.4, 0.5) is 0 Å². The van der Waals surface area contributed by atoms with E-state index in [1.165, 1.54) is 0 Å². The molecule has 37 heavy (non-hydrogen) atoms. The summed E-state index contributed by atoms with van der Waals surface area (Å²) in [5.74, 6) is -0.165. The van der Waals surface area contributed by atoms with Crippen LogP contribution in [-0.4, -0.2) is 46.2 Å². The van der Waals surface area contributed by atoms with Gasteiger partial charge in [0.25, 0.3) is 5.91 Å². The molecular formula is C30H31Cl2N3O2. The lowest BCUT2D eigenvalue weighted by atomic mass is 10.1. The SMILES string of the molecule is CC(C)CN(CC(=O)N(CCc1c[nH]c2ccccc12)Cc1ccc(Cl)cc1)C(=O)c1ccccc1Cl. The fraction of sp³-hybridized carbons (Fsp3) is 0.267. The number of nitrogens with one attached hydrogen (secondary N) is 1. The molecule has 0 unspecified atom stereocenters. The normalized spacial score (nSPS) is 11.2. The molecule has 0 atom stereocenters. The van der Waals surface area contributed by atoms with Crippen LogP contribution in [0.3, 0.4) is 0 Å². The van der Waals surface area contributed by atoms with Gasteiger partial charge in [-0.25, -0.2) is 0 Å². The average molecular weight is 537 g/mol. The average Bonchev–Trinajstić information content (AvgIpc) is 3.30. The number of carbonyl (C=O) groups is 2. The fourth-order valence-electron chi connectivity index (χ4n) is 4.42. The van der Waals surface area contributed by atoms with Crippen molar-refractivity contribution in [2.24, 2.45) is 5.92 Å². The van der Waals surface area contributed by atoms with E-state index in [1.54, 1.807) is 29.2 Å². The van der Waals surface area contributed by atoms with E-state index in [9.17, 15) is 9.59 Å². The number of hydrogen-bond acceptors (Lipinski definition) is 2. The van der Waals surface area contributed by atoms with Crippen molar-refractivity contribution in [1.82, 2.24) is 14.8 Å². The summed E-state index contributed by atoms with van der Waals surface area (Å²) in [4.78, 5) is 33.8. The standard InChI is InChI=1S/C30H31Cl2N3O2/c1-21(2)18-35(30(37)26-8-3-5-9-27(26)32)20-29(36)34(19-22-11-13-24(31)14-12-22)16-15-23-17-33-28-10-6-4-7-25(23)28/h3-14,17,21,33H,15-16,18-20H2,1-2H3. The molecule has 0 bridgehead atoms. The van der Waals surface area contributed by atoms with Gasteiger partial charge in [0.2, 0.25) is 5.91 Å². The number of aromatic amines is 1. The maximum Gasteiger partial charge on any atom is 0.255 e. The van der Waals surface area contributed by atoms with E-state index >= 15 is 0 Å². The van der Waals surface area contributed by atoms with Crippen LogP contribution in [0, 0.1) is 5.92 Å². The van der Waals surface area contributed by atoms with E-state index in [1.807, 2.05) is 67.4 Å². The number of para-hydroxylation sites is 1. The fourth-order valence-corrected chi connectivity index (χ4v) is 4.77. The molecule has 0 spiro atoms. The Kier molecular flexibility index (Phi) is 8.91. The van der Waals surface area contributed by atoms with Crippen molar-refractivity contribution in [3.63, 3.8) is 0 Å². The molecule has 1 heterocycles. The third-order valence-corrected chi connectivity index (χ3v) is 6.85. The van der Waals surface area contributed by atoms with Crippen molar-refractivity contribution in [1.29, 1.82) is 0 Å². The summed E-state index contributed by atoms with van der Waals surface area (Å²) >= 11 is 12.4. The number of amides is 2. The highest BCUT2D eigenvalue weighted by atomic mass is 35.5. The lowest BCUT2D eigenvalue weighted by molar-refractivity contribution is -0.132. The van der Waals surface area contributed by atoms with E-state index < -0.39 is 0 Å². The summed E-state index contributed by atoms with van der Waals surface area (Å²) < 4.78 is 0. The number of carbonyl (C=O) groups excluding carboxylic acids is 2. The zero-order valence-corrected chi connectivity index (χ0v) is 22.6. The number of aromatic nitrogens is 1. The van der Waals surface area contributed by atoms with Crippen molar-refractivity contribution in [2.75, 3.05) is 19.6 Å². The number of benzene rings is 3. The predicted octanol–water partition coefficient (Wildman–Crippen LogP) is 6.84. The minimum absolute atomic E-state index is 0.0241. The topological polar surface area (TPSA) is 56.4 Å². The molecule has 0 aliphatic heterocycles. The van der Waals surface area contributed by atoms with Crippen molar-refractivity contribution in [2.45, 2.75) is 26.8 Å². The molecule has 3 aromatic carbocycles. The molecular weight excluding hydrogens is 505 g/mol. The molecule has 2 amide bonds. The highest BCUT2D eigenvalue weighted by Gasteiger charge is 2.24. The van der Waals surface area contributed by atoms with Gasteiger partial charge < -0.3 is 14.8 Å². The van der Waals surface area contributed by atoms with Crippen LogP contribution < -0.4 is 0 Å². The van der Waals surface area contributed by atoms with Gasteiger partial charge >= 0.3 is 0 Å². The van der Waals surface area contributed by atoms with Crippen LogP contribution in [0.2, 0.25) is 10.0 Å². The molecule has 5 nitrogen and oxygen atoms in total. The minimum Gasteiger partial charge on any atom is -0.361 e. The highest BCUT2D eigenvalue weighted by molar-refractivity contribution is 6.33. The highest BCUT2D eigenvalue weighted by Crippen LogP contribution is 2.21. The van der Waals surface area contributed by atoms with Crippen LogP contribution >= 0.6 is 23.2 Å². The minimum atomic E-state index is -0.240. The Labute approximate surface area is 228 Å². The second kappa shape index (κ2) is 12.3. The van der Waals surface area contributed by atoms with Crippen molar-refractivity contribution >= 4 is 45.9 Å². The Bertz CT molecular complexity index is 1360. The van der Waals surface area contributed by atoms with Gasteiger partial charge in [-0.1, -0.05) is 79.5 Å². The van der Waals surface area contributed by atoms with Gasteiger partial charge in [0.05, 0.1) is 10.6 Å². The number of rotatable bonds is 10. The molecule has 1 aromatic heterocycles. The lowest BCUT2D eigenvalue weighted by Gasteiger charge is -2.29. The van der Waals surface area contributed by atoms with E-state index in [-0.39, 0.29) is 24.3 Å². The van der Waals surface area contributed by atoms with Crippen LogP contribution in [0.25, 0.3) is 10.9 Å². The van der Waals surface area contributed by atoms with E-state index in [0.717, 1.165) is 22.0 Å². The predicted molar refractivity (Wildman–Crippen MR) is 151 cm³/mol. The van der Waals surface area contributed by atoms with E-state index in [0.29, 0.717) is 41.7 Å². The van der Waals surface area contributed by atoms with Gasteiger partial charge in [0, 0.05) is 41.8 Å². The summed E-state index contributed by atoms with van der Waals surface area (Å²) in [6, 6.07) is 22.6. The second-order valence-corrected chi connectivity index (χ2v) is 10.5. The molecule has 0 saturated carbocycles. The molecule has 0 radical (unpaired) electrons. The van der Waals surface area contributed by atoms with Gasteiger partial charge in [-0.05, 0) is 53.8 Å². The molecule has 4 rings (SSSR count). The summed E-state index contributed by atoms with van der Waals surface area (Å²) in [6.45, 7) is 5.42. The molecule has 4 aromatic rings. The van der Waals surface area contributed by atoms with Gasteiger partial charge in [0.15, 0.2) is 0 Å². The van der Waals surface area contributed by atoms with Crippen LogP contribution in [0.5, 0.6) is 0 Å². The van der Waals surface area contributed by atoms with Crippen LogP contribution in [0.15, 0.2) is 79.0 Å². The van der Waals surface area contributed by atoms with Crippen molar-refractivity contribution in [3.05, 3.63) is 106 Å². The summed E-state index contributed by atoms with van der Waals surface area (Å²) in [5.41, 5.74) is 3.60. The molecule has 0 aliphatic carbocycles. The van der Waals surface area contributed by atoms with Gasteiger partial charge in [-0.3, -0.25) is 9.59 Å².